The van der Waals surface area contributed by atoms with Gasteiger partial charge in [-0.3, -0.25) is 4.79 Å². The molecule has 0 fully saturated rings. The summed E-state index contributed by atoms with van der Waals surface area (Å²) in [7, 11) is 0. The Balaban J connectivity index is 2.01. The Morgan fingerprint density at radius 3 is 2.58 bits per heavy atom. The maximum absolute atomic E-state index is 11.9. The van der Waals surface area contributed by atoms with Gasteiger partial charge in [-0.15, -0.1) is 0 Å². The van der Waals surface area contributed by atoms with Crippen molar-refractivity contribution in [1.29, 1.82) is 0 Å². The van der Waals surface area contributed by atoms with Crippen molar-refractivity contribution < 1.29 is 13.8 Å². The highest BCUT2D eigenvalue weighted by Crippen LogP contribution is 2.17. The molecule has 102 valence electrons. The van der Waals surface area contributed by atoms with Crippen LogP contribution in [-0.2, 0) is 16.8 Å². The van der Waals surface area contributed by atoms with Gasteiger partial charge in [0.15, 0.2) is 5.82 Å². The van der Waals surface area contributed by atoms with Crippen LogP contribution in [0.4, 0.5) is 0 Å². The van der Waals surface area contributed by atoms with Gasteiger partial charge in [0.2, 0.25) is 5.91 Å². The Kier molecular flexibility index (Phi) is 3.37. The van der Waals surface area contributed by atoms with Crippen molar-refractivity contribution in [2.45, 2.75) is 39.7 Å². The summed E-state index contributed by atoms with van der Waals surface area (Å²) in [6.07, 6.45) is 0.147. The van der Waals surface area contributed by atoms with Gasteiger partial charge in [-0.2, -0.15) is 4.98 Å². The van der Waals surface area contributed by atoms with Crippen molar-refractivity contribution in [2.24, 2.45) is 0 Å². The molecule has 0 aliphatic rings. The Labute approximate surface area is 110 Å². The van der Waals surface area contributed by atoms with Crippen LogP contribution in [0.5, 0.6) is 0 Å². The third-order valence-electron chi connectivity index (χ3n) is 2.53. The molecule has 1 N–H and O–H groups in total. The van der Waals surface area contributed by atoms with Gasteiger partial charge in [-0.25, -0.2) is 0 Å². The second-order valence-electron chi connectivity index (χ2n) is 4.93. The second kappa shape index (κ2) is 4.83. The van der Waals surface area contributed by atoms with Crippen LogP contribution in [0.3, 0.4) is 0 Å². The fourth-order valence-corrected chi connectivity index (χ4v) is 1.66. The molecule has 0 radical (unpaired) electrons. The molecule has 2 heterocycles. The minimum Gasteiger partial charge on any atom is -0.361 e. The Bertz CT molecular complexity index is 585. The minimum atomic E-state index is -0.725. The zero-order valence-electron chi connectivity index (χ0n) is 11.4. The van der Waals surface area contributed by atoms with Crippen LogP contribution >= 0.6 is 0 Å². The molecule has 0 saturated heterocycles. The van der Waals surface area contributed by atoms with Gasteiger partial charge in [-0.1, -0.05) is 10.3 Å². The SMILES string of the molecule is Cc1noc(C(C)(C)NC(=O)Cc2cc(C)on2)n1. The number of nitrogens with one attached hydrogen (secondary N) is 1. The smallest absolute Gasteiger partial charge is 0.251 e. The van der Waals surface area contributed by atoms with E-state index < -0.39 is 5.54 Å². The quantitative estimate of drug-likeness (QED) is 0.893. The number of aryl methyl sites for hydroxylation is 2. The molecule has 2 aromatic rings. The van der Waals surface area contributed by atoms with Crippen LogP contribution in [0, 0.1) is 13.8 Å². The van der Waals surface area contributed by atoms with Crippen molar-refractivity contribution in [3.63, 3.8) is 0 Å². The summed E-state index contributed by atoms with van der Waals surface area (Å²) in [4.78, 5) is 16.1. The number of amides is 1. The third-order valence-corrected chi connectivity index (χ3v) is 2.53. The van der Waals surface area contributed by atoms with Crippen LogP contribution in [-0.4, -0.2) is 21.2 Å². The molecule has 0 atom stereocenters. The van der Waals surface area contributed by atoms with Crippen molar-refractivity contribution in [3.05, 3.63) is 29.2 Å². The average Bonchev–Trinajstić information content (AvgIpc) is 2.87. The van der Waals surface area contributed by atoms with E-state index in [-0.39, 0.29) is 12.3 Å². The largest absolute Gasteiger partial charge is 0.361 e. The molecular formula is C12H16N4O3. The molecule has 7 heteroatoms. The highest BCUT2D eigenvalue weighted by atomic mass is 16.5. The summed E-state index contributed by atoms with van der Waals surface area (Å²) in [5, 5.41) is 10.3. The minimum absolute atomic E-state index is 0.147. The number of aromatic nitrogens is 3. The van der Waals surface area contributed by atoms with Crippen LogP contribution in [0.15, 0.2) is 15.1 Å². The van der Waals surface area contributed by atoms with E-state index in [9.17, 15) is 4.79 Å². The lowest BCUT2D eigenvalue weighted by Gasteiger charge is -2.21. The summed E-state index contributed by atoms with van der Waals surface area (Å²) >= 11 is 0. The highest BCUT2D eigenvalue weighted by molar-refractivity contribution is 5.78. The van der Waals surface area contributed by atoms with E-state index in [4.69, 9.17) is 9.05 Å². The lowest BCUT2D eigenvalue weighted by Crippen LogP contribution is -2.42. The van der Waals surface area contributed by atoms with E-state index >= 15 is 0 Å². The van der Waals surface area contributed by atoms with Gasteiger partial charge in [0, 0.05) is 6.07 Å². The van der Waals surface area contributed by atoms with Crippen LogP contribution in [0.1, 0.15) is 37.0 Å². The van der Waals surface area contributed by atoms with E-state index in [1.54, 1.807) is 33.8 Å². The summed E-state index contributed by atoms with van der Waals surface area (Å²) < 4.78 is 9.99. The normalized spacial score (nSPS) is 11.6. The van der Waals surface area contributed by atoms with Crippen LogP contribution in [0.25, 0.3) is 0 Å². The first-order valence-corrected chi connectivity index (χ1v) is 5.91. The lowest BCUT2D eigenvalue weighted by molar-refractivity contribution is -0.122. The number of rotatable bonds is 4. The third kappa shape index (κ3) is 3.18. The molecule has 2 aromatic heterocycles. The predicted octanol–water partition coefficient (Wildman–Crippen LogP) is 1.27. The molecule has 2 rings (SSSR count). The summed E-state index contributed by atoms with van der Waals surface area (Å²) in [6.45, 7) is 7.10. The first-order valence-electron chi connectivity index (χ1n) is 5.91. The fourth-order valence-electron chi connectivity index (χ4n) is 1.66. The number of hydrogen-bond acceptors (Lipinski definition) is 6. The Morgan fingerprint density at radius 2 is 2.05 bits per heavy atom. The molecule has 19 heavy (non-hydrogen) atoms. The topological polar surface area (TPSA) is 94.1 Å². The molecule has 0 bridgehead atoms. The van der Waals surface area contributed by atoms with E-state index in [0.717, 1.165) is 0 Å². The Hall–Kier alpha value is -2.18. The van der Waals surface area contributed by atoms with Gasteiger partial charge in [-0.05, 0) is 27.7 Å². The van der Waals surface area contributed by atoms with E-state index in [2.05, 4.69) is 20.6 Å². The maximum Gasteiger partial charge on any atom is 0.251 e. The van der Waals surface area contributed by atoms with Gasteiger partial charge in [0.1, 0.15) is 11.3 Å². The van der Waals surface area contributed by atoms with Gasteiger partial charge < -0.3 is 14.4 Å². The first-order chi connectivity index (χ1) is 8.87. The molecule has 0 aliphatic carbocycles. The van der Waals surface area contributed by atoms with Gasteiger partial charge in [0.05, 0.1) is 12.1 Å². The van der Waals surface area contributed by atoms with E-state index in [1.165, 1.54) is 0 Å². The zero-order valence-corrected chi connectivity index (χ0v) is 11.4. The fraction of sp³-hybridized carbons (Fsp3) is 0.500. The maximum atomic E-state index is 11.9. The predicted molar refractivity (Wildman–Crippen MR) is 65.1 cm³/mol. The number of nitrogens with zero attached hydrogens (tertiary/aromatic N) is 3. The molecule has 0 aromatic carbocycles. The summed E-state index contributed by atoms with van der Waals surface area (Å²) in [5.74, 6) is 1.39. The van der Waals surface area contributed by atoms with Gasteiger partial charge >= 0.3 is 0 Å². The highest BCUT2D eigenvalue weighted by Gasteiger charge is 2.29. The Morgan fingerprint density at radius 1 is 1.32 bits per heavy atom. The van der Waals surface area contributed by atoms with Gasteiger partial charge in [0.25, 0.3) is 5.89 Å². The summed E-state index contributed by atoms with van der Waals surface area (Å²) in [6, 6.07) is 1.73. The molecule has 0 spiro atoms. The van der Waals surface area contributed by atoms with Crippen LogP contribution < -0.4 is 5.32 Å². The zero-order chi connectivity index (χ0) is 14.0. The molecule has 0 unspecified atom stereocenters. The van der Waals surface area contributed by atoms with Crippen molar-refractivity contribution in [1.82, 2.24) is 20.6 Å². The van der Waals surface area contributed by atoms with E-state index in [1.807, 2.05) is 0 Å². The second-order valence-corrected chi connectivity index (χ2v) is 4.93. The first kappa shape index (κ1) is 13.3. The van der Waals surface area contributed by atoms with E-state index in [0.29, 0.717) is 23.2 Å². The standard InChI is InChI=1S/C12H16N4O3/c1-7-5-9(16-18-7)6-10(17)14-12(3,4)11-13-8(2)15-19-11/h5H,6H2,1-4H3,(H,14,17). The molecule has 0 saturated carbocycles. The summed E-state index contributed by atoms with van der Waals surface area (Å²) in [5.41, 5.74) is -0.135. The number of carbonyl (C=O) groups excluding carboxylic acids is 1. The molecular weight excluding hydrogens is 248 g/mol. The van der Waals surface area contributed by atoms with Crippen molar-refractivity contribution >= 4 is 5.91 Å². The molecule has 7 nitrogen and oxygen atoms in total. The number of carbonyl (C=O) groups is 1. The lowest BCUT2D eigenvalue weighted by atomic mass is 10.1. The number of hydrogen-bond donors (Lipinski definition) is 1. The van der Waals surface area contributed by atoms with Crippen molar-refractivity contribution in [2.75, 3.05) is 0 Å². The molecule has 0 aliphatic heterocycles. The van der Waals surface area contributed by atoms with Crippen LogP contribution in [0.2, 0.25) is 0 Å². The van der Waals surface area contributed by atoms with Crippen molar-refractivity contribution in [3.8, 4) is 0 Å². The molecule has 1 amide bonds. The average molecular weight is 264 g/mol. The monoisotopic (exact) mass is 264 g/mol.